The van der Waals surface area contributed by atoms with Crippen LogP contribution >= 0.6 is 23.2 Å². The molecule has 0 aromatic heterocycles. The lowest BCUT2D eigenvalue weighted by Gasteiger charge is -2.19. The van der Waals surface area contributed by atoms with Crippen molar-refractivity contribution in [1.82, 2.24) is 4.90 Å². The Labute approximate surface area is 77.3 Å². The van der Waals surface area contributed by atoms with Gasteiger partial charge in [-0.25, -0.2) is 0 Å². The molecule has 62 valence electrons. The second-order valence-electron chi connectivity index (χ2n) is 2.59. The molecule has 0 saturated carbocycles. The van der Waals surface area contributed by atoms with Gasteiger partial charge in [0.05, 0.1) is 5.38 Å². The molecule has 0 aliphatic carbocycles. The summed E-state index contributed by atoms with van der Waals surface area (Å²) in [5.41, 5.74) is 1.09. The molecule has 0 fully saturated rings. The van der Waals surface area contributed by atoms with Crippen molar-refractivity contribution < 1.29 is 0 Å². The first-order valence-electron chi connectivity index (χ1n) is 3.52. The topological polar surface area (TPSA) is 3.24 Å². The van der Waals surface area contributed by atoms with E-state index < -0.39 is 0 Å². The van der Waals surface area contributed by atoms with E-state index in [0.29, 0.717) is 5.88 Å². The first-order valence-corrected chi connectivity index (χ1v) is 4.49. The zero-order valence-electron chi connectivity index (χ0n) is 6.43. The molecule has 1 nitrogen and oxygen atoms in total. The van der Waals surface area contributed by atoms with Crippen molar-refractivity contribution in [2.45, 2.75) is 5.38 Å². The molecule has 0 aromatic rings. The molecule has 0 bridgehead atoms. The number of likely N-dealkylation sites (N-methyl/N-ethyl adjacent to an activating group) is 1. The van der Waals surface area contributed by atoms with E-state index in [9.17, 15) is 0 Å². The normalized spacial score (nSPS) is 19.9. The van der Waals surface area contributed by atoms with E-state index >= 15 is 0 Å². The third kappa shape index (κ3) is 2.42. The van der Waals surface area contributed by atoms with Gasteiger partial charge in [-0.3, -0.25) is 0 Å². The van der Waals surface area contributed by atoms with Gasteiger partial charge in [-0.2, -0.15) is 0 Å². The lowest BCUT2D eigenvalue weighted by atomic mass is 10.1. The Morgan fingerprint density at radius 1 is 1.73 bits per heavy atom. The van der Waals surface area contributed by atoms with Gasteiger partial charge >= 0.3 is 0 Å². The van der Waals surface area contributed by atoms with Gasteiger partial charge < -0.3 is 4.90 Å². The zero-order chi connectivity index (χ0) is 8.27. The lowest BCUT2D eigenvalue weighted by Crippen LogP contribution is -2.17. The Bertz CT molecular complexity index is 187. The Hall–Kier alpha value is -0.140. The number of hydrogen-bond donors (Lipinski definition) is 0. The standard InChI is InChI=1S/C8H11Cl2N/c1-11-4-2-3-7(6-11)8(10)5-9/h2-3,6,8H,4-5H2,1H3. The van der Waals surface area contributed by atoms with Crippen molar-refractivity contribution in [3.63, 3.8) is 0 Å². The summed E-state index contributed by atoms with van der Waals surface area (Å²) in [4.78, 5) is 2.08. The van der Waals surface area contributed by atoms with Gasteiger partial charge in [0.15, 0.2) is 0 Å². The first kappa shape index (κ1) is 8.95. The Kier molecular flexibility index (Phi) is 3.28. The summed E-state index contributed by atoms with van der Waals surface area (Å²) < 4.78 is 0. The number of halogens is 2. The van der Waals surface area contributed by atoms with Crippen molar-refractivity contribution in [3.8, 4) is 0 Å². The summed E-state index contributed by atoms with van der Waals surface area (Å²) in [6.45, 7) is 0.954. The molecule has 1 aliphatic heterocycles. The highest BCUT2D eigenvalue weighted by Gasteiger charge is 2.09. The van der Waals surface area contributed by atoms with Crippen LogP contribution in [0.25, 0.3) is 0 Å². The van der Waals surface area contributed by atoms with Crippen LogP contribution in [0.2, 0.25) is 0 Å². The molecular weight excluding hydrogens is 181 g/mol. The number of rotatable bonds is 2. The van der Waals surface area contributed by atoms with Gasteiger partial charge in [-0.15, -0.1) is 23.2 Å². The maximum Gasteiger partial charge on any atom is 0.0734 e. The van der Waals surface area contributed by atoms with Crippen LogP contribution in [-0.4, -0.2) is 29.7 Å². The van der Waals surface area contributed by atoms with E-state index in [0.717, 1.165) is 12.1 Å². The molecule has 3 heteroatoms. The van der Waals surface area contributed by atoms with Gasteiger partial charge in [0.25, 0.3) is 0 Å². The molecule has 0 aromatic carbocycles. The quantitative estimate of drug-likeness (QED) is 0.606. The van der Waals surface area contributed by atoms with E-state index in [1.54, 1.807) is 0 Å². The van der Waals surface area contributed by atoms with Crippen molar-refractivity contribution in [1.29, 1.82) is 0 Å². The van der Waals surface area contributed by atoms with Gasteiger partial charge in [0.2, 0.25) is 0 Å². The molecule has 1 aliphatic rings. The third-order valence-corrected chi connectivity index (χ3v) is 2.44. The smallest absolute Gasteiger partial charge is 0.0734 e. The molecule has 0 amide bonds. The fourth-order valence-corrected chi connectivity index (χ4v) is 1.29. The molecule has 1 rings (SSSR count). The van der Waals surface area contributed by atoms with Crippen molar-refractivity contribution in [2.24, 2.45) is 0 Å². The van der Waals surface area contributed by atoms with Gasteiger partial charge in [0.1, 0.15) is 0 Å². The average Bonchev–Trinajstić information content (AvgIpc) is 2.03. The predicted molar refractivity (Wildman–Crippen MR) is 50.2 cm³/mol. The highest BCUT2D eigenvalue weighted by atomic mass is 35.5. The minimum Gasteiger partial charge on any atom is -0.376 e. The van der Waals surface area contributed by atoms with Crippen LogP contribution < -0.4 is 0 Å². The summed E-state index contributed by atoms with van der Waals surface area (Å²) in [5.74, 6) is 0.464. The van der Waals surface area contributed by atoms with Crippen molar-refractivity contribution >= 4 is 23.2 Å². The molecule has 1 heterocycles. The van der Waals surface area contributed by atoms with E-state index in [2.05, 4.69) is 11.0 Å². The molecule has 11 heavy (non-hydrogen) atoms. The largest absolute Gasteiger partial charge is 0.376 e. The first-order chi connectivity index (χ1) is 5.24. The summed E-state index contributed by atoms with van der Waals surface area (Å²) in [5, 5.41) is -0.0596. The van der Waals surface area contributed by atoms with Crippen molar-refractivity contribution in [2.75, 3.05) is 19.5 Å². The number of alkyl halides is 2. The molecular formula is C8H11Cl2N. The summed E-state index contributed by atoms with van der Waals surface area (Å²) in [6.07, 6.45) is 6.14. The van der Waals surface area contributed by atoms with E-state index in [4.69, 9.17) is 23.2 Å². The number of nitrogens with zero attached hydrogens (tertiary/aromatic N) is 1. The molecule has 0 saturated heterocycles. The maximum atomic E-state index is 5.93. The fraction of sp³-hybridized carbons (Fsp3) is 0.500. The summed E-state index contributed by atoms with van der Waals surface area (Å²) >= 11 is 11.5. The molecule has 0 N–H and O–H groups in total. The van der Waals surface area contributed by atoms with Crippen LogP contribution in [0.1, 0.15) is 0 Å². The molecule has 1 atom stereocenters. The van der Waals surface area contributed by atoms with Gasteiger partial charge in [-0.05, 0) is 5.57 Å². The average molecular weight is 192 g/mol. The molecule has 0 radical (unpaired) electrons. The maximum absolute atomic E-state index is 5.93. The SMILES string of the molecule is CN1C=C(C(Cl)CCl)C=CC1. The summed E-state index contributed by atoms with van der Waals surface area (Å²) in [6, 6.07) is 0. The van der Waals surface area contributed by atoms with E-state index in [1.165, 1.54) is 0 Å². The Balaban J connectivity index is 2.63. The number of hydrogen-bond acceptors (Lipinski definition) is 1. The minimum absolute atomic E-state index is 0.0596. The molecule has 0 spiro atoms. The highest BCUT2D eigenvalue weighted by Crippen LogP contribution is 2.16. The predicted octanol–water partition coefficient (Wildman–Crippen LogP) is 2.22. The van der Waals surface area contributed by atoms with E-state index in [1.807, 2.05) is 19.3 Å². The van der Waals surface area contributed by atoms with Crippen LogP contribution in [-0.2, 0) is 0 Å². The third-order valence-electron chi connectivity index (χ3n) is 1.57. The summed E-state index contributed by atoms with van der Waals surface area (Å²) in [7, 11) is 2.02. The van der Waals surface area contributed by atoms with Crippen LogP contribution in [0.15, 0.2) is 23.9 Å². The van der Waals surface area contributed by atoms with Crippen molar-refractivity contribution in [3.05, 3.63) is 23.9 Å². The minimum atomic E-state index is -0.0596. The second kappa shape index (κ2) is 4.03. The Morgan fingerprint density at radius 3 is 3.00 bits per heavy atom. The molecule has 1 unspecified atom stereocenters. The number of allylic oxidation sites excluding steroid dienone is 2. The van der Waals surface area contributed by atoms with Gasteiger partial charge in [0, 0.05) is 25.7 Å². The van der Waals surface area contributed by atoms with Crippen LogP contribution in [0.4, 0.5) is 0 Å². The van der Waals surface area contributed by atoms with Gasteiger partial charge in [-0.1, -0.05) is 12.2 Å². The lowest BCUT2D eigenvalue weighted by molar-refractivity contribution is 0.498. The highest BCUT2D eigenvalue weighted by molar-refractivity contribution is 6.29. The van der Waals surface area contributed by atoms with Crippen LogP contribution in [0, 0.1) is 0 Å². The zero-order valence-corrected chi connectivity index (χ0v) is 7.94. The Morgan fingerprint density at radius 2 is 2.45 bits per heavy atom. The second-order valence-corrected chi connectivity index (χ2v) is 3.43. The van der Waals surface area contributed by atoms with Crippen LogP contribution in [0.3, 0.4) is 0 Å². The monoisotopic (exact) mass is 191 g/mol. The fourth-order valence-electron chi connectivity index (χ4n) is 0.980. The van der Waals surface area contributed by atoms with E-state index in [-0.39, 0.29) is 5.38 Å². The van der Waals surface area contributed by atoms with Crippen LogP contribution in [0.5, 0.6) is 0 Å².